The van der Waals surface area contributed by atoms with Gasteiger partial charge in [0.05, 0.1) is 6.54 Å². The van der Waals surface area contributed by atoms with Crippen molar-refractivity contribution in [3.8, 4) is 0 Å². The van der Waals surface area contributed by atoms with Gasteiger partial charge in [-0.3, -0.25) is 9.89 Å². The minimum atomic E-state index is -4.10. The number of nitrogens with two attached hydrogens (primary N) is 1. The average Bonchev–Trinajstić information content (AvgIpc) is 2.45. The maximum atomic E-state index is 12.3. The van der Waals surface area contributed by atoms with Crippen LogP contribution in [0.4, 0.5) is 13.2 Å². The van der Waals surface area contributed by atoms with E-state index in [1.165, 1.54) is 4.90 Å². The number of halogens is 4. The van der Waals surface area contributed by atoms with Crippen LogP contribution in [-0.2, 0) is 0 Å². The molecule has 0 atom stereocenters. The van der Waals surface area contributed by atoms with Crippen molar-refractivity contribution in [2.75, 3.05) is 50.8 Å². The Morgan fingerprint density at radius 1 is 1.14 bits per heavy atom. The van der Waals surface area contributed by atoms with Gasteiger partial charge in [0.15, 0.2) is 5.96 Å². The van der Waals surface area contributed by atoms with Gasteiger partial charge in [0.1, 0.15) is 0 Å². The summed E-state index contributed by atoms with van der Waals surface area (Å²) < 4.78 is 36.9. The van der Waals surface area contributed by atoms with Crippen LogP contribution in [0, 0.1) is 5.92 Å². The van der Waals surface area contributed by atoms with Crippen LogP contribution in [0.2, 0.25) is 0 Å². The molecule has 2 heterocycles. The summed E-state index contributed by atoms with van der Waals surface area (Å²) in [6.45, 7) is 2.71. The lowest BCUT2D eigenvalue weighted by Crippen LogP contribution is -2.43. The molecule has 2 rings (SSSR count). The predicted molar refractivity (Wildman–Crippen MR) is 96.0 cm³/mol. The fourth-order valence-corrected chi connectivity index (χ4v) is 3.60. The number of hydrogen-bond donors (Lipinski definition) is 1. The van der Waals surface area contributed by atoms with Gasteiger partial charge in [-0.1, -0.05) is 0 Å². The third-order valence-corrected chi connectivity index (χ3v) is 4.90. The molecular weight excluding hydrogens is 428 g/mol. The summed E-state index contributed by atoms with van der Waals surface area (Å²) in [5, 5.41) is 0. The van der Waals surface area contributed by atoms with Crippen molar-refractivity contribution in [1.82, 2.24) is 9.80 Å². The van der Waals surface area contributed by atoms with E-state index in [2.05, 4.69) is 9.89 Å². The minimum Gasteiger partial charge on any atom is -0.370 e. The third kappa shape index (κ3) is 7.12. The molecule has 2 fully saturated rings. The normalized spacial score (nSPS) is 22.5. The second-order valence-corrected chi connectivity index (χ2v) is 6.86. The fraction of sp³-hybridized carbons (Fsp3) is 0.923. The van der Waals surface area contributed by atoms with E-state index in [4.69, 9.17) is 5.73 Å². The van der Waals surface area contributed by atoms with Crippen LogP contribution in [-0.4, -0.2) is 72.7 Å². The molecule has 0 unspecified atom stereocenters. The number of guanidine groups is 1. The Hall–Kier alpha value is 0.100. The van der Waals surface area contributed by atoms with Crippen LogP contribution in [0.1, 0.15) is 12.8 Å². The number of nitrogens with zero attached hydrogens (tertiary/aromatic N) is 3. The van der Waals surface area contributed by atoms with Crippen LogP contribution >= 0.6 is 35.7 Å². The first-order valence-electron chi connectivity index (χ1n) is 7.36. The highest BCUT2D eigenvalue weighted by molar-refractivity contribution is 14.0. The topological polar surface area (TPSA) is 44.9 Å². The zero-order valence-electron chi connectivity index (χ0n) is 12.5. The zero-order chi connectivity index (χ0) is 15.3. The molecule has 4 nitrogen and oxygen atoms in total. The van der Waals surface area contributed by atoms with E-state index in [0.717, 1.165) is 37.4 Å². The number of likely N-dealkylation sites (tertiary alicyclic amines) is 1. The Labute approximate surface area is 151 Å². The summed E-state index contributed by atoms with van der Waals surface area (Å²) >= 11 is 1.92. The van der Waals surface area contributed by atoms with Crippen molar-refractivity contribution in [3.05, 3.63) is 0 Å². The second-order valence-electron chi connectivity index (χ2n) is 5.63. The van der Waals surface area contributed by atoms with E-state index in [9.17, 15) is 13.2 Å². The van der Waals surface area contributed by atoms with Gasteiger partial charge in [-0.05, 0) is 31.8 Å². The lowest BCUT2D eigenvalue weighted by Gasteiger charge is -2.32. The summed E-state index contributed by atoms with van der Waals surface area (Å²) in [4.78, 5) is 8.01. The largest absolute Gasteiger partial charge is 0.401 e. The molecule has 9 heteroatoms. The van der Waals surface area contributed by atoms with Gasteiger partial charge in [0, 0.05) is 31.1 Å². The highest BCUT2D eigenvalue weighted by Crippen LogP contribution is 2.22. The molecule has 2 aliphatic heterocycles. The summed E-state index contributed by atoms with van der Waals surface area (Å²) in [5.74, 6) is 3.10. The van der Waals surface area contributed by atoms with Crippen molar-refractivity contribution in [2.24, 2.45) is 16.6 Å². The maximum absolute atomic E-state index is 12.3. The quantitative estimate of drug-likeness (QED) is 0.406. The van der Waals surface area contributed by atoms with Crippen LogP contribution in [0.5, 0.6) is 0 Å². The number of piperidine rings is 1. The molecular formula is C13H24F3IN4S. The first-order valence-corrected chi connectivity index (χ1v) is 8.51. The summed E-state index contributed by atoms with van der Waals surface area (Å²) in [5.41, 5.74) is 5.98. The van der Waals surface area contributed by atoms with Gasteiger partial charge in [-0.2, -0.15) is 24.9 Å². The Balaban J connectivity index is 0.00000242. The molecule has 0 bridgehead atoms. The molecule has 2 saturated heterocycles. The van der Waals surface area contributed by atoms with E-state index < -0.39 is 12.7 Å². The Kier molecular flexibility index (Phi) is 8.62. The van der Waals surface area contributed by atoms with Gasteiger partial charge in [0.2, 0.25) is 0 Å². The number of rotatable bonds is 3. The van der Waals surface area contributed by atoms with Crippen molar-refractivity contribution in [2.45, 2.75) is 19.0 Å². The molecule has 0 aromatic heterocycles. The number of thioether (sulfide) groups is 1. The Morgan fingerprint density at radius 3 is 2.27 bits per heavy atom. The third-order valence-electron chi connectivity index (χ3n) is 3.96. The van der Waals surface area contributed by atoms with E-state index in [1.54, 1.807) is 0 Å². The first-order chi connectivity index (χ1) is 9.94. The smallest absolute Gasteiger partial charge is 0.370 e. The number of alkyl halides is 3. The molecule has 0 radical (unpaired) electrons. The Bertz CT molecular complexity index is 354. The maximum Gasteiger partial charge on any atom is 0.401 e. The molecule has 0 spiro atoms. The summed E-state index contributed by atoms with van der Waals surface area (Å²) in [6, 6.07) is 0. The first kappa shape index (κ1) is 20.1. The van der Waals surface area contributed by atoms with Crippen molar-refractivity contribution < 1.29 is 13.2 Å². The van der Waals surface area contributed by atoms with Crippen molar-refractivity contribution >= 4 is 41.7 Å². The molecule has 0 saturated carbocycles. The van der Waals surface area contributed by atoms with Crippen molar-refractivity contribution in [1.29, 1.82) is 0 Å². The SMILES string of the molecule is I.NC(=NCC1CCN(CC(F)(F)F)CC1)N1CCSCC1. The molecule has 0 aromatic carbocycles. The zero-order valence-corrected chi connectivity index (χ0v) is 15.7. The summed E-state index contributed by atoms with van der Waals surface area (Å²) in [6.07, 6.45) is -2.56. The summed E-state index contributed by atoms with van der Waals surface area (Å²) in [7, 11) is 0. The number of aliphatic imine (C=N–C) groups is 1. The highest BCUT2D eigenvalue weighted by Gasteiger charge is 2.32. The monoisotopic (exact) mass is 452 g/mol. The van der Waals surface area contributed by atoms with Gasteiger partial charge in [0.25, 0.3) is 0 Å². The van der Waals surface area contributed by atoms with E-state index >= 15 is 0 Å². The highest BCUT2D eigenvalue weighted by atomic mass is 127. The molecule has 22 heavy (non-hydrogen) atoms. The molecule has 0 aromatic rings. The molecule has 0 amide bonds. The molecule has 2 N–H and O–H groups in total. The van der Waals surface area contributed by atoms with Crippen LogP contribution < -0.4 is 5.73 Å². The van der Waals surface area contributed by atoms with Crippen molar-refractivity contribution in [3.63, 3.8) is 0 Å². The van der Waals surface area contributed by atoms with Gasteiger partial charge in [-0.25, -0.2) is 0 Å². The van der Waals surface area contributed by atoms with E-state index in [0.29, 0.717) is 31.5 Å². The predicted octanol–water partition coefficient (Wildman–Crippen LogP) is 2.24. The standard InChI is InChI=1S/C13H23F3N4S.HI/c14-13(15,16)10-19-3-1-11(2-4-19)9-18-12(17)20-5-7-21-8-6-20;/h11H,1-10H2,(H2,17,18);1H. The van der Waals surface area contributed by atoms with E-state index in [-0.39, 0.29) is 24.0 Å². The lowest BCUT2D eigenvalue weighted by molar-refractivity contribution is -0.148. The van der Waals surface area contributed by atoms with Crippen LogP contribution in [0.25, 0.3) is 0 Å². The molecule has 0 aliphatic carbocycles. The fourth-order valence-electron chi connectivity index (χ4n) is 2.70. The number of hydrogen-bond acceptors (Lipinski definition) is 3. The van der Waals surface area contributed by atoms with Crippen LogP contribution in [0.15, 0.2) is 4.99 Å². The van der Waals surface area contributed by atoms with Gasteiger partial charge < -0.3 is 10.6 Å². The van der Waals surface area contributed by atoms with E-state index in [1.807, 2.05) is 11.8 Å². The van der Waals surface area contributed by atoms with Gasteiger partial charge >= 0.3 is 6.18 Å². The van der Waals surface area contributed by atoms with Crippen LogP contribution in [0.3, 0.4) is 0 Å². The van der Waals surface area contributed by atoms with Gasteiger partial charge in [-0.15, -0.1) is 24.0 Å². The molecule has 2 aliphatic rings. The second kappa shape index (κ2) is 9.41. The lowest BCUT2D eigenvalue weighted by atomic mass is 9.97. The Morgan fingerprint density at radius 2 is 1.73 bits per heavy atom. The minimum absolute atomic E-state index is 0. The molecule has 130 valence electrons. The average molecular weight is 452 g/mol.